The van der Waals surface area contributed by atoms with Gasteiger partial charge in [0.25, 0.3) is 0 Å². The summed E-state index contributed by atoms with van der Waals surface area (Å²) in [5.41, 5.74) is 8.61. The van der Waals surface area contributed by atoms with Crippen LogP contribution >= 0.6 is 0 Å². The molecule has 3 aromatic carbocycles. The van der Waals surface area contributed by atoms with E-state index in [1.807, 2.05) is 66.7 Å². The first-order valence-corrected chi connectivity index (χ1v) is 14.5. The van der Waals surface area contributed by atoms with Crippen LogP contribution in [0.4, 0.5) is 4.79 Å². The minimum Gasteiger partial charge on any atom is -0.491 e. The fraction of sp³-hybridized carbons (Fsp3) is 0.324. The van der Waals surface area contributed by atoms with E-state index in [0.717, 1.165) is 16.7 Å². The number of carbonyl (C=O) groups excluding carboxylic acids is 4. The van der Waals surface area contributed by atoms with Crippen LogP contribution in [0.5, 0.6) is 5.75 Å². The highest BCUT2D eigenvalue weighted by molar-refractivity contribution is 6.03. The van der Waals surface area contributed by atoms with Gasteiger partial charge in [0.05, 0.1) is 23.8 Å². The third kappa shape index (κ3) is 9.92. The highest BCUT2D eigenvalue weighted by Crippen LogP contribution is 2.25. The van der Waals surface area contributed by atoms with Gasteiger partial charge in [0.2, 0.25) is 12.7 Å². The Morgan fingerprint density at radius 2 is 1.53 bits per heavy atom. The first-order chi connectivity index (χ1) is 21.5. The SMILES string of the molecule is CC(C)(C)C(=O)OCOC(=O)C[C@@H]1C[C@@H](COc2ccc(-c3ccc(C(N)=NC(=O)OCc4ccccc4)cc3)cc2)NC1=O. The van der Waals surface area contributed by atoms with Crippen molar-refractivity contribution in [2.24, 2.45) is 22.1 Å². The molecule has 0 radical (unpaired) electrons. The molecule has 11 nitrogen and oxygen atoms in total. The second-order valence-corrected chi connectivity index (χ2v) is 11.6. The second kappa shape index (κ2) is 15.0. The Bertz CT molecular complexity index is 1510. The average Bonchev–Trinajstić information content (AvgIpc) is 3.37. The predicted molar refractivity (Wildman–Crippen MR) is 166 cm³/mol. The van der Waals surface area contributed by atoms with Crippen molar-refractivity contribution in [2.75, 3.05) is 13.4 Å². The summed E-state index contributed by atoms with van der Waals surface area (Å²) >= 11 is 0. The number of nitrogens with one attached hydrogen (secondary N) is 1. The summed E-state index contributed by atoms with van der Waals surface area (Å²) in [5.74, 6) is -1.21. The molecule has 1 heterocycles. The molecule has 0 aromatic heterocycles. The fourth-order valence-electron chi connectivity index (χ4n) is 4.43. The molecule has 1 fully saturated rings. The van der Waals surface area contributed by atoms with Crippen LogP contribution in [0, 0.1) is 11.3 Å². The Balaban J connectivity index is 1.21. The summed E-state index contributed by atoms with van der Waals surface area (Å²) in [6.45, 7) is 4.95. The molecule has 0 bridgehead atoms. The van der Waals surface area contributed by atoms with Gasteiger partial charge in [-0.3, -0.25) is 14.4 Å². The summed E-state index contributed by atoms with van der Waals surface area (Å²) in [5, 5.41) is 2.85. The van der Waals surface area contributed by atoms with Gasteiger partial charge < -0.3 is 30.0 Å². The first kappa shape index (κ1) is 32.7. The number of hydrogen-bond acceptors (Lipinski definition) is 8. The van der Waals surface area contributed by atoms with E-state index < -0.39 is 36.2 Å². The third-order valence-electron chi connectivity index (χ3n) is 6.96. The van der Waals surface area contributed by atoms with Crippen LogP contribution < -0.4 is 15.8 Å². The number of rotatable bonds is 11. The van der Waals surface area contributed by atoms with Crippen molar-refractivity contribution in [3.8, 4) is 16.9 Å². The molecule has 0 aliphatic carbocycles. The molecule has 0 unspecified atom stereocenters. The number of amides is 2. The zero-order chi connectivity index (χ0) is 32.4. The third-order valence-corrected chi connectivity index (χ3v) is 6.96. The Hall–Kier alpha value is -5.19. The van der Waals surface area contributed by atoms with E-state index in [-0.39, 0.29) is 37.4 Å². The van der Waals surface area contributed by atoms with Crippen LogP contribution in [0.2, 0.25) is 0 Å². The van der Waals surface area contributed by atoms with Crippen LogP contribution in [0.15, 0.2) is 83.9 Å². The van der Waals surface area contributed by atoms with E-state index in [4.69, 9.17) is 24.7 Å². The lowest BCUT2D eigenvalue weighted by molar-refractivity contribution is -0.173. The molecular weight excluding hydrogens is 578 g/mol. The van der Waals surface area contributed by atoms with Gasteiger partial charge in [0.1, 0.15) is 24.8 Å². The first-order valence-electron chi connectivity index (χ1n) is 14.5. The molecular formula is C34H37N3O8. The molecule has 1 aliphatic rings. The molecule has 3 N–H and O–H groups in total. The lowest BCUT2D eigenvalue weighted by atomic mass is 9.98. The zero-order valence-corrected chi connectivity index (χ0v) is 25.5. The molecule has 45 heavy (non-hydrogen) atoms. The maximum absolute atomic E-state index is 12.4. The molecule has 11 heteroatoms. The summed E-state index contributed by atoms with van der Waals surface area (Å²) in [4.78, 5) is 52.1. The van der Waals surface area contributed by atoms with Crippen molar-refractivity contribution >= 4 is 29.8 Å². The van der Waals surface area contributed by atoms with Crippen molar-refractivity contribution in [3.05, 3.63) is 90.0 Å². The van der Waals surface area contributed by atoms with Crippen molar-refractivity contribution in [1.82, 2.24) is 5.32 Å². The number of carbonyl (C=O) groups is 4. The van der Waals surface area contributed by atoms with Crippen molar-refractivity contribution in [3.63, 3.8) is 0 Å². The summed E-state index contributed by atoms with van der Waals surface area (Å²) in [6, 6.07) is 23.8. The van der Waals surface area contributed by atoms with Crippen LogP contribution in [0.1, 0.15) is 44.7 Å². The van der Waals surface area contributed by atoms with Gasteiger partial charge >= 0.3 is 18.0 Å². The minimum absolute atomic E-state index is 0.0584. The lowest BCUT2D eigenvalue weighted by Gasteiger charge is -2.16. The second-order valence-electron chi connectivity index (χ2n) is 11.6. The van der Waals surface area contributed by atoms with Crippen LogP contribution in [0.3, 0.4) is 0 Å². The Morgan fingerprint density at radius 3 is 2.18 bits per heavy atom. The molecule has 1 aliphatic heterocycles. The Kier molecular flexibility index (Phi) is 10.9. The van der Waals surface area contributed by atoms with Gasteiger partial charge in [-0.1, -0.05) is 66.7 Å². The monoisotopic (exact) mass is 615 g/mol. The van der Waals surface area contributed by atoms with E-state index in [0.29, 0.717) is 17.7 Å². The van der Waals surface area contributed by atoms with E-state index in [9.17, 15) is 19.2 Å². The standard InChI is InChI=1S/C34H37N3O8/c1-34(2,3)32(40)45-21-44-29(38)18-26-17-27(36-31(26)39)20-42-28-15-13-24(14-16-28)23-9-11-25(12-10-23)30(35)37-33(41)43-19-22-7-5-4-6-8-22/h4-16,26-27H,17-21H2,1-3H3,(H,36,39)(H2,35,37,41)/t26-,27-/m0/s1. The highest BCUT2D eigenvalue weighted by atomic mass is 16.7. The summed E-state index contributed by atoms with van der Waals surface area (Å²) in [7, 11) is 0. The minimum atomic E-state index is -0.762. The molecule has 1 saturated heterocycles. The lowest BCUT2D eigenvalue weighted by Crippen LogP contribution is -2.31. The largest absolute Gasteiger partial charge is 0.491 e. The molecule has 4 rings (SSSR count). The fourth-order valence-corrected chi connectivity index (χ4v) is 4.43. The maximum atomic E-state index is 12.4. The number of nitrogens with zero attached hydrogens (tertiary/aromatic N) is 1. The average molecular weight is 616 g/mol. The van der Waals surface area contributed by atoms with E-state index in [2.05, 4.69) is 10.3 Å². The van der Waals surface area contributed by atoms with Crippen molar-refractivity contribution in [2.45, 2.75) is 46.3 Å². The van der Waals surface area contributed by atoms with Gasteiger partial charge in [-0.05, 0) is 56.0 Å². The van der Waals surface area contributed by atoms with Gasteiger partial charge in [0, 0.05) is 5.56 Å². The molecule has 2 atom stereocenters. The van der Waals surface area contributed by atoms with Gasteiger partial charge in [-0.15, -0.1) is 0 Å². The normalized spacial score (nSPS) is 16.4. The molecule has 0 spiro atoms. The van der Waals surface area contributed by atoms with Gasteiger partial charge in [-0.2, -0.15) is 4.99 Å². The van der Waals surface area contributed by atoms with Crippen LogP contribution in [-0.4, -0.2) is 49.2 Å². The van der Waals surface area contributed by atoms with Gasteiger partial charge in [-0.25, -0.2) is 4.79 Å². The topological polar surface area (TPSA) is 156 Å². The van der Waals surface area contributed by atoms with E-state index in [1.165, 1.54) is 0 Å². The molecule has 236 valence electrons. The summed E-state index contributed by atoms with van der Waals surface area (Å²) in [6.07, 6.45) is -0.460. The number of esters is 2. The number of ether oxygens (including phenoxy) is 4. The quantitative estimate of drug-likeness (QED) is 0.134. The number of aliphatic imine (C=N–C) groups is 1. The van der Waals surface area contributed by atoms with E-state index >= 15 is 0 Å². The number of nitrogens with two attached hydrogens (primary N) is 1. The molecule has 2 amide bonds. The highest BCUT2D eigenvalue weighted by Gasteiger charge is 2.34. The number of benzene rings is 3. The zero-order valence-electron chi connectivity index (χ0n) is 25.5. The van der Waals surface area contributed by atoms with Crippen LogP contribution in [-0.2, 0) is 35.2 Å². The smallest absolute Gasteiger partial charge is 0.435 e. The molecule has 0 saturated carbocycles. The molecule has 3 aromatic rings. The van der Waals surface area contributed by atoms with Crippen LogP contribution in [0.25, 0.3) is 11.1 Å². The Morgan fingerprint density at radius 1 is 0.889 bits per heavy atom. The maximum Gasteiger partial charge on any atom is 0.435 e. The van der Waals surface area contributed by atoms with Gasteiger partial charge in [0.15, 0.2) is 0 Å². The van der Waals surface area contributed by atoms with E-state index in [1.54, 1.807) is 32.9 Å². The number of amidine groups is 1. The predicted octanol–water partition coefficient (Wildman–Crippen LogP) is 4.76. The summed E-state index contributed by atoms with van der Waals surface area (Å²) < 4.78 is 20.9. The van der Waals surface area contributed by atoms with Crippen molar-refractivity contribution < 1.29 is 38.1 Å². The van der Waals surface area contributed by atoms with Crippen molar-refractivity contribution in [1.29, 1.82) is 0 Å². The Labute approximate surface area is 261 Å². The number of hydrogen-bond donors (Lipinski definition) is 2.